The molecule has 1 aromatic heterocycles. The Morgan fingerprint density at radius 2 is 1.80 bits per heavy atom. The van der Waals surface area contributed by atoms with Gasteiger partial charge in [0.2, 0.25) is 0 Å². The van der Waals surface area contributed by atoms with Crippen molar-refractivity contribution in [3.05, 3.63) is 69.7 Å². The van der Waals surface area contributed by atoms with Crippen molar-refractivity contribution in [1.29, 1.82) is 0 Å². The van der Waals surface area contributed by atoms with Gasteiger partial charge in [-0.05, 0) is 42.8 Å². The molecule has 0 N–H and O–H groups in total. The standard InChI is InChI=1S/C26H31ClN4O4/c1-3-23(25-28-22-7-5-4-6-21(22)26(33)31(25)16-17-34-2)29-12-14-30(15-13-29)24(32)18-35-20-10-8-19(27)9-11-20/h4-11,23H,3,12-18H2,1-2H3. The van der Waals surface area contributed by atoms with E-state index in [1.165, 1.54) is 0 Å². The number of ether oxygens (including phenoxy) is 2. The van der Waals surface area contributed by atoms with Crippen molar-refractivity contribution in [2.75, 3.05) is 46.5 Å². The van der Waals surface area contributed by atoms with Gasteiger partial charge in [-0.15, -0.1) is 0 Å². The first-order valence-corrected chi connectivity index (χ1v) is 12.3. The van der Waals surface area contributed by atoms with Crippen molar-refractivity contribution in [1.82, 2.24) is 19.4 Å². The minimum atomic E-state index is -0.0477. The maximum absolute atomic E-state index is 13.3. The first-order chi connectivity index (χ1) is 17.0. The maximum atomic E-state index is 13.3. The third-order valence-corrected chi connectivity index (χ3v) is 6.63. The number of halogens is 1. The number of methoxy groups -OCH3 is 1. The zero-order valence-corrected chi connectivity index (χ0v) is 20.9. The van der Waals surface area contributed by atoms with Crippen LogP contribution >= 0.6 is 11.6 Å². The Hall–Kier alpha value is -2.94. The summed E-state index contributed by atoms with van der Waals surface area (Å²) in [4.78, 5) is 35.0. The van der Waals surface area contributed by atoms with Crippen molar-refractivity contribution in [2.24, 2.45) is 0 Å². The van der Waals surface area contributed by atoms with Gasteiger partial charge < -0.3 is 14.4 Å². The number of aromatic nitrogens is 2. The van der Waals surface area contributed by atoms with Gasteiger partial charge in [0.1, 0.15) is 11.6 Å². The van der Waals surface area contributed by atoms with E-state index >= 15 is 0 Å². The van der Waals surface area contributed by atoms with Crippen LogP contribution in [0.1, 0.15) is 25.2 Å². The van der Waals surface area contributed by atoms with Gasteiger partial charge in [0.15, 0.2) is 6.61 Å². The highest BCUT2D eigenvalue weighted by Crippen LogP contribution is 2.25. The second-order valence-electron chi connectivity index (χ2n) is 8.52. The molecule has 186 valence electrons. The quantitative estimate of drug-likeness (QED) is 0.450. The lowest BCUT2D eigenvalue weighted by atomic mass is 10.1. The number of fused-ring (bicyclic) bond motifs is 1. The second kappa shape index (κ2) is 11.7. The molecule has 1 unspecified atom stereocenters. The highest BCUT2D eigenvalue weighted by atomic mass is 35.5. The predicted octanol–water partition coefficient (Wildman–Crippen LogP) is 3.37. The van der Waals surface area contributed by atoms with Gasteiger partial charge in [-0.3, -0.25) is 19.1 Å². The van der Waals surface area contributed by atoms with Gasteiger partial charge in [0.25, 0.3) is 11.5 Å². The van der Waals surface area contributed by atoms with Crippen LogP contribution < -0.4 is 10.3 Å². The van der Waals surface area contributed by atoms with Gasteiger partial charge in [-0.2, -0.15) is 0 Å². The first-order valence-electron chi connectivity index (χ1n) is 11.9. The Bertz CT molecular complexity index is 1210. The van der Waals surface area contributed by atoms with Crippen molar-refractivity contribution < 1.29 is 14.3 Å². The maximum Gasteiger partial charge on any atom is 0.261 e. The number of carbonyl (C=O) groups is 1. The summed E-state index contributed by atoms with van der Waals surface area (Å²) in [6.07, 6.45) is 0.797. The number of carbonyl (C=O) groups excluding carboxylic acids is 1. The Labute approximate surface area is 210 Å². The molecule has 0 bridgehead atoms. The topological polar surface area (TPSA) is 76.9 Å². The molecule has 1 aliphatic rings. The van der Waals surface area contributed by atoms with Crippen LogP contribution in [0.2, 0.25) is 5.02 Å². The average Bonchev–Trinajstić information content (AvgIpc) is 2.89. The van der Waals surface area contributed by atoms with Gasteiger partial charge in [0, 0.05) is 38.3 Å². The monoisotopic (exact) mass is 498 g/mol. The lowest BCUT2D eigenvalue weighted by Crippen LogP contribution is -2.51. The van der Waals surface area contributed by atoms with Crippen LogP contribution in [0.4, 0.5) is 0 Å². The molecule has 1 atom stereocenters. The minimum absolute atomic E-state index is 0.0123. The number of para-hydroxylation sites is 1. The van der Waals surface area contributed by atoms with E-state index in [0.29, 0.717) is 61.0 Å². The van der Waals surface area contributed by atoms with Crippen LogP contribution in [0.5, 0.6) is 5.75 Å². The van der Waals surface area contributed by atoms with Crippen molar-refractivity contribution in [3.8, 4) is 5.75 Å². The first kappa shape index (κ1) is 25.2. The SMILES string of the molecule is CCC(c1nc2ccccc2c(=O)n1CCOC)N1CCN(C(=O)COc2ccc(Cl)cc2)CC1. The smallest absolute Gasteiger partial charge is 0.261 e. The predicted molar refractivity (Wildman–Crippen MR) is 136 cm³/mol. The summed E-state index contributed by atoms with van der Waals surface area (Å²) in [5.74, 6) is 1.32. The molecule has 1 fully saturated rings. The summed E-state index contributed by atoms with van der Waals surface area (Å²) >= 11 is 5.90. The minimum Gasteiger partial charge on any atom is -0.484 e. The molecule has 0 radical (unpaired) electrons. The number of rotatable bonds is 9. The molecule has 0 saturated carbocycles. The fourth-order valence-corrected chi connectivity index (χ4v) is 4.62. The molecule has 1 aliphatic heterocycles. The zero-order chi connectivity index (χ0) is 24.8. The summed E-state index contributed by atoms with van der Waals surface area (Å²) in [6, 6.07) is 14.4. The highest BCUT2D eigenvalue weighted by Gasteiger charge is 2.29. The number of hydrogen-bond donors (Lipinski definition) is 0. The van der Waals surface area contributed by atoms with Crippen molar-refractivity contribution in [2.45, 2.75) is 25.9 Å². The van der Waals surface area contributed by atoms with Crippen molar-refractivity contribution in [3.63, 3.8) is 0 Å². The molecule has 0 aliphatic carbocycles. The van der Waals surface area contributed by atoms with Gasteiger partial charge in [0.05, 0.1) is 30.1 Å². The molecule has 9 heteroatoms. The van der Waals surface area contributed by atoms with Crippen LogP contribution in [-0.4, -0.2) is 71.8 Å². The molecule has 0 spiro atoms. The Kier molecular flexibility index (Phi) is 8.38. The summed E-state index contributed by atoms with van der Waals surface area (Å²) in [5.41, 5.74) is 0.655. The molecular weight excluding hydrogens is 468 g/mol. The second-order valence-corrected chi connectivity index (χ2v) is 8.96. The van der Waals surface area contributed by atoms with E-state index in [4.69, 9.17) is 26.1 Å². The van der Waals surface area contributed by atoms with Crippen LogP contribution in [-0.2, 0) is 16.1 Å². The molecule has 2 aromatic carbocycles. The van der Waals surface area contributed by atoms with Crippen LogP contribution in [0.3, 0.4) is 0 Å². The Morgan fingerprint density at radius 1 is 1.09 bits per heavy atom. The fraction of sp³-hybridized carbons (Fsp3) is 0.423. The summed E-state index contributed by atoms with van der Waals surface area (Å²) in [5, 5.41) is 1.23. The van der Waals surface area contributed by atoms with Crippen molar-refractivity contribution >= 4 is 28.4 Å². The number of benzene rings is 2. The fourth-order valence-electron chi connectivity index (χ4n) is 4.49. The molecule has 8 nitrogen and oxygen atoms in total. The van der Waals surface area contributed by atoms with E-state index in [1.807, 2.05) is 29.2 Å². The normalized spacial score (nSPS) is 15.3. The van der Waals surface area contributed by atoms with E-state index in [-0.39, 0.29) is 24.1 Å². The van der Waals surface area contributed by atoms with E-state index < -0.39 is 0 Å². The third kappa shape index (κ3) is 5.83. The average molecular weight is 499 g/mol. The molecule has 1 amide bonds. The molecular formula is C26H31ClN4O4. The number of hydrogen-bond acceptors (Lipinski definition) is 6. The van der Waals surface area contributed by atoms with Crippen LogP contribution in [0.25, 0.3) is 10.9 Å². The Morgan fingerprint density at radius 3 is 2.49 bits per heavy atom. The lowest BCUT2D eigenvalue weighted by molar-refractivity contribution is -0.135. The number of piperazine rings is 1. The largest absolute Gasteiger partial charge is 0.484 e. The van der Waals surface area contributed by atoms with E-state index in [9.17, 15) is 9.59 Å². The highest BCUT2D eigenvalue weighted by molar-refractivity contribution is 6.30. The summed E-state index contributed by atoms with van der Waals surface area (Å²) < 4.78 is 12.6. The molecule has 35 heavy (non-hydrogen) atoms. The Balaban J connectivity index is 1.46. The van der Waals surface area contributed by atoms with Gasteiger partial charge in [-0.1, -0.05) is 30.7 Å². The number of nitrogens with zero attached hydrogens (tertiary/aromatic N) is 4. The molecule has 4 rings (SSSR count). The van der Waals surface area contributed by atoms with Crippen LogP contribution in [0.15, 0.2) is 53.3 Å². The summed E-state index contributed by atoms with van der Waals surface area (Å²) in [7, 11) is 1.63. The summed E-state index contributed by atoms with van der Waals surface area (Å²) in [6.45, 7) is 5.53. The lowest BCUT2D eigenvalue weighted by Gasteiger charge is -2.39. The van der Waals surface area contributed by atoms with E-state index in [1.54, 1.807) is 35.9 Å². The third-order valence-electron chi connectivity index (χ3n) is 6.38. The van der Waals surface area contributed by atoms with Crippen LogP contribution in [0, 0.1) is 0 Å². The molecule has 1 saturated heterocycles. The number of amides is 1. The molecule has 3 aromatic rings. The van der Waals surface area contributed by atoms with E-state index in [2.05, 4.69) is 11.8 Å². The van der Waals surface area contributed by atoms with E-state index in [0.717, 1.165) is 12.2 Å². The van der Waals surface area contributed by atoms with Gasteiger partial charge >= 0.3 is 0 Å². The zero-order valence-electron chi connectivity index (χ0n) is 20.2. The van der Waals surface area contributed by atoms with Gasteiger partial charge in [-0.25, -0.2) is 4.98 Å². The molecule has 2 heterocycles.